The minimum Gasteiger partial charge on any atom is -0.493 e. The molecule has 2 heterocycles. The number of aryl methyl sites for hydroxylation is 1. The summed E-state index contributed by atoms with van der Waals surface area (Å²) in [6.07, 6.45) is 2.05. The number of carbonyl (C=O) groups excluding carboxylic acids is 1. The lowest BCUT2D eigenvalue weighted by Gasteiger charge is -2.31. The molecule has 0 saturated heterocycles. The van der Waals surface area contributed by atoms with Crippen LogP contribution in [0.4, 0.5) is 4.79 Å². The van der Waals surface area contributed by atoms with Crippen LogP contribution in [0.5, 0.6) is 11.5 Å². The van der Waals surface area contributed by atoms with Crippen molar-refractivity contribution in [2.24, 2.45) is 0 Å². The monoisotopic (exact) mass is 467 g/mol. The van der Waals surface area contributed by atoms with Gasteiger partial charge in [0.05, 0.1) is 32.5 Å². The first-order chi connectivity index (χ1) is 17.1. The molecule has 0 fully saturated rings. The zero-order chi connectivity index (χ0) is 24.4. The number of ether oxygens (including phenoxy) is 2. The summed E-state index contributed by atoms with van der Waals surface area (Å²) in [6, 6.07) is 25.9. The van der Waals surface area contributed by atoms with Crippen LogP contribution in [0.15, 0.2) is 85.1 Å². The van der Waals surface area contributed by atoms with E-state index in [4.69, 9.17) is 9.47 Å². The Morgan fingerprint density at radius 3 is 2.49 bits per heavy atom. The molecule has 35 heavy (non-hydrogen) atoms. The van der Waals surface area contributed by atoms with Crippen LogP contribution >= 0.6 is 0 Å². The van der Waals surface area contributed by atoms with Crippen LogP contribution in [0.2, 0.25) is 0 Å². The number of amides is 2. The zero-order valence-corrected chi connectivity index (χ0v) is 20.2. The van der Waals surface area contributed by atoms with Crippen LogP contribution in [-0.2, 0) is 13.1 Å². The molecule has 6 heteroatoms. The first-order valence-electron chi connectivity index (χ1n) is 11.7. The van der Waals surface area contributed by atoms with Gasteiger partial charge in [-0.25, -0.2) is 4.79 Å². The van der Waals surface area contributed by atoms with Crippen molar-refractivity contribution in [3.8, 4) is 17.2 Å². The molecule has 0 radical (unpaired) electrons. The summed E-state index contributed by atoms with van der Waals surface area (Å²) >= 11 is 0. The van der Waals surface area contributed by atoms with Gasteiger partial charge in [-0.3, -0.25) is 0 Å². The highest BCUT2D eigenvalue weighted by molar-refractivity contribution is 5.76. The van der Waals surface area contributed by atoms with Crippen molar-refractivity contribution in [1.82, 2.24) is 14.8 Å². The first kappa shape index (κ1) is 22.6. The van der Waals surface area contributed by atoms with E-state index in [9.17, 15) is 4.79 Å². The fraction of sp³-hybridized carbons (Fsp3) is 0.207. The highest BCUT2D eigenvalue weighted by atomic mass is 16.5. The lowest BCUT2D eigenvalue weighted by Crippen LogP contribution is -2.41. The average molecular weight is 468 g/mol. The van der Waals surface area contributed by atoms with Crippen LogP contribution in [0.1, 0.15) is 34.0 Å². The summed E-state index contributed by atoms with van der Waals surface area (Å²) in [5.74, 6) is 1.28. The number of methoxy groups -OCH3 is 2. The predicted octanol–water partition coefficient (Wildman–Crippen LogP) is 5.62. The highest BCUT2D eigenvalue weighted by Gasteiger charge is 2.33. The molecule has 3 aromatic carbocycles. The largest absolute Gasteiger partial charge is 0.493 e. The van der Waals surface area contributed by atoms with Crippen molar-refractivity contribution in [1.29, 1.82) is 0 Å². The van der Waals surface area contributed by atoms with Crippen LogP contribution < -0.4 is 14.8 Å². The van der Waals surface area contributed by atoms with Crippen LogP contribution in [0.25, 0.3) is 5.69 Å². The van der Waals surface area contributed by atoms with Gasteiger partial charge in [0.2, 0.25) is 0 Å². The van der Waals surface area contributed by atoms with Crippen molar-refractivity contribution in [3.05, 3.63) is 113 Å². The van der Waals surface area contributed by atoms with E-state index in [-0.39, 0.29) is 12.1 Å². The molecule has 0 bridgehead atoms. The molecule has 1 atom stereocenters. The second-order valence-electron chi connectivity index (χ2n) is 8.72. The van der Waals surface area contributed by atoms with Gasteiger partial charge in [0, 0.05) is 18.4 Å². The smallest absolute Gasteiger partial charge is 0.318 e. The number of para-hydroxylation sites is 1. The third kappa shape index (κ3) is 4.35. The molecule has 2 amide bonds. The molecule has 5 rings (SSSR count). The van der Waals surface area contributed by atoms with Crippen molar-refractivity contribution in [3.63, 3.8) is 0 Å². The Kier molecular flexibility index (Phi) is 6.19. The molecule has 6 nitrogen and oxygen atoms in total. The van der Waals surface area contributed by atoms with Crippen molar-refractivity contribution in [2.45, 2.75) is 26.1 Å². The molecule has 1 aliphatic rings. The molecule has 178 valence electrons. The topological polar surface area (TPSA) is 55.7 Å². The van der Waals surface area contributed by atoms with E-state index in [0.29, 0.717) is 24.6 Å². The van der Waals surface area contributed by atoms with E-state index in [2.05, 4.69) is 53.3 Å². The summed E-state index contributed by atoms with van der Waals surface area (Å²) in [4.78, 5) is 15.6. The highest BCUT2D eigenvalue weighted by Crippen LogP contribution is 2.39. The van der Waals surface area contributed by atoms with Gasteiger partial charge >= 0.3 is 6.03 Å². The van der Waals surface area contributed by atoms with Crippen molar-refractivity contribution >= 4 is 6.03 Å². The van der Waals surface area contributed by atoms with Gasteiger partial charge in [-0.15, -0.1) is 0 Å². The Morgan fingerprint density at radius 2 is 1.71 bits per heavy atom. The van der Waals surface area contributed by atoms with Gasteiger partial charge in [-0.05, 0) is 53.9 Å². The SMILES string of the molecule is COc1ccc(C2c3cccn3-c3ccccc3CN2C(=O)NCc2ccc(C)cc2)cc1OC. The van der Waals surface area contributed by atoms with E-state index in [1.165, 1.54) is 5.56 Å². The summed E-state index contributed by atoms with van der Waals surface area (Å²) in [5, 5.41) is 3.14. The van der Waals surface area contributed by atoms with Crippen molar-refractivity contribution in [2.75, 3.05) is 14.2 Å². The number of rotatable bonds is 5. The molecule has 0 spiro atoms. The number of benzene rings is 3. The van der Waals surface area contributed by atoms with Crippen molar-refractivity contribution < 1.29 is 14.3 Å². The lowest BCUT2D eigenvalue weighted by atomic mass is 10.0. The third-order valence-corrected chi connectivity index (χ3v) is 6.51. The van der Waals surface area contributed by atoms with Gasteiger partial charge in [-0.2, -0.15) is 0 Å². The van der Waals surface area contributed by atoms with Gasteiger partial charge in [0.1, 0.15) is 0 Å². The number of carbonyl (C=O) groups is 1. The zero-order valence-electron chi connectivity index (χ0n) is 20.2. The number of hydrogen-bond donors (Lipinski definition) is 1. The van der Waals surface area contributed by atoms with Crippen LogP contribution in [0.3, 0.4) is 0 Å². The summed E-state index contributed by atoms with van der Waals surface area (Å²) in [6.45, 7) is 2.98. The Hall–Kier alpha value is -4.19. The normalized spacial score (nSPS) is 14.5. The van der Waals surface area contributed by atoms with Crippen LogP contribution in [-0.4, -0.2) is 29.7 Å². The minimum absolute atomic E-state index is 0.130. The molecule has 1 unspecified atom stereocenters. The third-order valence-electron chi connectivity index (χ3n) is 6.51. The van der Waals surface area contributed by atoms with E-state index < -0.39 is 0 Å². The Bertz CT molecular complexity index is 1340. The fourth-order valence-corrected chi connectivity index (χ4v) is 4.70. The molecule has 1 N–H and O–H groups in total. The van der Waals surface area contributed by atoms with E-state index in [1.54, 1.807) is 14.2 Å². The second kappa shape index (κ2) is 9.58. The maximum atomic E-state index is 13.7. The van der Waals surface area contributed by atoms with E-state index in [1.807, 2.05) is 53.4 Å². The van der Waals surface area contributed by atoms with Gasteiger partial charge in [0.15, 0.2) is 11.5 Å². The van der Waals surface area contributed by atoms with Gasteiger partial charge in [-0.1, -0.05) is 54.1 Å². The lowest BCUT2D eigenvalue weighted by molar-refractivity contribution is 0.180. The molecular formula is C29H29N3O3. The number of nitrogens with zero attached hydrogens (tertiary/aromatic N) is 2. The number of nitrogens with one attached hydrogen (secondary N) is 1. The number of hydrogen-bond acceptors (Lipinski definition) is 3. The fourth-order valence-electron chi connectivity index (χ4n) is 4.70. The van der Waals surface area contributed by atoms with E-state index >= 15 is 0 Å². The van der Waals surface area contributed by atoms with Crippen LogP contribution in [0, 0.1) is 6.92 Å². The molecule has 1 aliphatic heterocycles. The Labute approximate surface area is 205 Å². The first-order valence-corrected chi connectivity index (χ1v) is 11.7. The van der Waals surface area contributed by atoms with Gasteiger partial charge < -0.3 is 24.3 Å². The summed E-state index contributed by atoms with van der Waals surface area (Å²) in [7, 11) is 3.25. The van der Waals surface area contributed by atoms with E-state index in [0.717, 1.165) is 28.1 Å². The molecule has 1 aromatic heterocycles. The molecule has 0 saturated carbocycles. The predicted molar refractivity (Wildman–Crippen MR) is 136 cm³/mol. The standard InChI is InChI=1S/C29H29N3O3/c1-20-10-12-21(13-11-20)18-30-29(33)32-19-23-7-4-5-8-24(23)31-16-6-9-25(31)28(32)22-14-15-26(34-2)27(17-22)35-3/h4-17,28H,18-19H2,1-3H3,(H,30,33). The average Bonchev–Trinajstić information content (AvgIpc) is 3.32. The summed E-state index contributed by atoms with van der Waals surface area (Å²) in [5.41, 5.74) is 6.36. The van der Waals surface area contributed by atoms with Gasteiger partial charge in [0.25, 0.3) is 0 Å². The molecule has 0 aliphatic carbocycles. The number of urea groups is 1. The maximum Gasteiger partial charge on any atom is 0.318 e. The quantitative estimate of drug-likeness (QED) is 0.415. The number of fused-ring (bicyclic) bond motifs is 3. The summed E-state index contributed by atoms with van der Waals surface area (Å²) < 4.78 is 13.2. The molecular weight excluding hydrogens is 438 g/mol. The number of aromatic nitrogens is 1. The molecule has 4 aromatic rings. The maximum absolute atomic E-state index is 13.7. The minimum atomic E-state index is -0.324. The Balaban J connectivity index is 1.57. The second-order valence-corrected chi connectivity index (χ2v) is 8.72. The Morgan fingerprint density at radius 1 is 0.943 bits per heavy atom.